The lowest BCUT2D eigenvalue weighted by Crippen LogP contribution is -2.32. The Bertz CT molecular complexity index is 460. The maximum absolute atomic E-state index is 11.7. The standard InChI is InChI=1S/C14H15Cl2NO/c1-9(10-5-6-10)17-14(18)8-7-11-12(15)3-2-4-13(11)16/h2-4,7-10H,5-6H2,1H3,(H,17,18)/b8-7+. The van der Waals surface area contributed by atoms with Crippen molar-refractivity contribution in [3.63, 3.8) is 0 Å². The van der Waals surface area contributed by atoms with Crippen molar-refractivity contribution in [3.8, 4) is 0 Å². The fourth-order valence-corrected chi connectivity index (χ4v) is 2.34. The third-order valence-electron chi connectivity index (χ3n) is 3.10. The molecule has 0 radical (unpaired) electrons. The lowest BCUT2D eigenvalue weighted by molar-refractivity contribution is -0.117. The number of amides is 1. The Labute approximate surface area is 117 Å². The van der Waals surface area contributed by atoms with Crippen LogP contribution < -0.4 is 5.32 Å². The van der Waals surface area contributed by atoms with E-state index in [4.69, 9.17) is 23.2 Å². The summed E-state index contributed by atoms with van der Waals surface area (Å²) in [4.78, 5) is 11.7. The molecule has 1 aromatic rings. The highest BCUT2D eigenvalue weighted by Crippen LogP contribution is 2.32. The van der Waals surface area contributed by atoms with Crippen LogP contribution in [0.3, 0.4) is 0 Å². The van der Waals surface area contributed by atoms with E-state index in [0.717, 1.165) is 0 Å². The molecule has 18 heavy (non-hydrogen) atoms. The second-order valence-corrected chi connectivity index (χ2v) is 5.42. The molecule has 1 aliphatic rings. The van der Waals surface area contributed by atoms with Gasteiger partial charge in [0.2, 0.25) is 5.91 Å². The Morgan fingerprint density at radius 3 is 2.56 bits per heavy atom. The molecule has 0 aliphatic heterocycles. The molecule has 0 spiro atoms. The summed E-state index contributed by atoms with van der Waals surface area (Å²) in [6, 6.07) is 5.51. The number of benzene rings is 1. The van der Waals surface area contributed by atoms with E-state index in [0.29, 0.717) is 21.5 Å². The molecule has 1 fully saturated rings. The summed E-state index contributed by atoms with van der Waals surface area (Å²) in [6.07, 6.45) is 5.55. The van der Waals surface area contributed by atoms with Crippen LogP contribution in [0.5, 0.6) is 0 Å². The molecule has 0 saturated heterocycles. The summed E-state index contributed by atoms with van der Waals surface area (Å²) in [6.45, 7) is 2.03. The number of hydrogen-bond donors (Lipinski definition) is 1. The van der Waals surface area contributed by atoms with Crippen LogP contribution in [0.15, 0.2) is 24.3 Å². The van der Waals surface area contributed by atoms with Gasteiger partial charge >= 0.3 is 0 Å². The van der Waals surface area contributed by atoms with Gasteiger partial charge in [-0.25, -0.2) is 0 Å². The molecule has 0 aromatic heterocycles. The summed E-state index contributed by atoms with van der Waals surface area (Å²) >= 11 is 12.0. The van der Waals surface area contributed by atoms with Gasteiger partial charge in [-0.2, -0.15) is 0 Å². The molecule has 1 atom stereocenters. The second kappa shape index (κ2) is 5.77. The van der Waals surface area contributed by atoms with Gasteiger partial charge in [-0.05, 0) is 43.9 Å². The molecule has 1 amide bonds. The molecule has 1 unspecified atom stereocenters. The van der Waals surface area contributed by atoms with E-state index in [1.165, 1.54) is 18.9 Å². The highest BCUT2D eigenvalue weighted by Gasteiger charge is 2.28. The smallest absolute Gasteiger partial charge is 0.244 e. The largest absolute Gasteiger partial charge is 0.350 e. The first kappa shape index (κ1) is 13.4. The average Bonchev–Trinajstić information content (AvgIpc) is 3.12. The third-order valence-corrected chi connectivity index (χ3v) is 3.76. The first-order valence-electron chi connectivity index (χ1n) is 6.00. The number of rotatable bonds is 4. The number of hydrogen-bond acceptors (Lipinski definition) is 1. The molecule has 0 heterocycles. The predicted molar refractivity (Wildman–Crippen MR) is 75.8 cm³/mol. The molecule has 2 rings (SSSR count). The van der Waals surface area contributed by atoms with E-state index in [1.807, 2.05) is 6.92 Å². The average molecular weight is 284 g/mol. The van der Waals surface area contributed by atoms with Gasteiger partial charge in [0.1, 0.15) is 0 Å². The highest BCUT2D eigenvalue weighted by atomic mass is 35.5. The van der Waals surface area contributed by atoms with E-state index >= 15 is 0 Å². The van der Waals surface area contributed by atoms with Gasteiger partial charge in [0.05, 0.1) is 0 Å². The van der Waals surface area contributed by atoms with Crippen molar-refractivity contribution in [1.82, 2.24) is 5.32 Å². The van der Waals surface area contributed by atoms with Crippen LogP contribution in [0.25, 0.3) is 6.08 Å². The maximum Gasteiger partial charge on any atom is 0.244 e. The van der Waals surface area contributed by atoms with E-state index in [2.05, 4.69) is 5.32 Å². The van der Waals surface area contributed by atoms with Crippen molar-refractivity contribution >= 4 is 35.2 Å². The zero-order valence-corrected chi connectivity index (χ0v) is 11.6. The summed E-state index contributed by atoms with van der Waals surface area (Å²) < 4.78 is 0. The molecular formula is C14H15Cl2NO. The Hall–Kier alpha value is -0.990. The molecule has 1 saturated carbocycles. The SMILES string of the molecule is CC(NC(=O)/C=C/c1c(Cl)cccc1Cl)C1CC1. The van der Waals surface area contributed by atoms with Crippen molar-refractivity contribution < 1.29 is 4.79 Å². The van der Waals surface area contributed by atoms with Crippen LogP contribution in [-0.2, 0) is 4.79 Å². The van der Waals surface area contributed by atoms with Crippen LogP contribution >= 0.6 is 23.2 Å². The van der Waals surface area contributed by atoms with Gasteiger partial charge < -0.3 is 5.32 Å². The predicted octanol–water partition coefficient (Wildman–Crippen LogP) is 3.92. The number of nitrogens with one attached hydrogen (secondary N) is 1. The monoisotopic (exact) mass is 283 g/mol. The Morgan fingerprint density at radius 1 is 1.39 bits per heavy atom. The van der Waals surface area contributed by atoms with E-state index < -0.39 is 0 Å². The molecule has 1 aromatic carbocycles. The molecule has 1 aliphatic carbocycles. The van der Waals surface area contributed by atoms with Crippen LogP contribution in [-0.4, -0.2) is 11.9 Å². The lowest BCUT2D eigenvalue weighted by atomic mass is 10.2. The minimum atomic E-state index is -0.106. The van der Waals surface area contributed by atoms with Gasteiger partial charge in [-0.1, -0.05) is 29.3 Å². The fourth-order valence-electron chi connectivity index (χ4n) is 1.82. The van der Waals surface area contributed by atoms with Crippen molar-refractivity contribution in [1.29, 1.82) is 0 Å². The number of halogens is 2. The maximum atomic E-state index is 11.7. The van der Waals surface area contributed by atoms with Gasteiger partial charge in [0, 0.05) is 27.7 Å². The summed E-state index contributed by atoms with van der Waals surface area (Å²) in [5, 5.41) is 4.03. The molecule has 2 nitrogen and oxygen atoms in total. The summed E-state index contributed by atoms with van der Waals surface area (Å²) in [7, 11) is 0. The zero-order chi connectivity index (χ0) is 13.1. The van der Waals surface area contributed by atoms with Crippen molar-refractivity contribution in [3.05, 3.63) is 39.9 Å². The normalized spacial score (nSPS) is 16.8. The molecule has 0 bridgehead atoms. The molecule has 96 valence electrons. The van der Waals surface area contributed by atoms with Crippen molar-refractivity contribution in [2.75, 3.05) is 0 Å². The number of carbonyl (C=O) groups is 1. The van der Waals surface area contributed by atoms with Crippen LogP contribution in [0.1, 0.15) is 25.3 Å². The van der Waals surface area contributed by atoms with Crippen molar-refractivity contribution in [2.24, 2.45) is 5.92 Å². The van der Waals surface area contributed by atoms with E-state index in [-0.39, 0.29) is 11.9 Å². The van der Waals surface area contributed by atoms with Gasteiger partial charge in [-0.15, -0.1) is 0 Å². The van der Waals surface area contributed by atoms with Gasteiger partial charge in [0.15, 0.2) is 0 Å². The van der Waals surface area contributed by atoms with Gasteiger partial charge in [0.25, 0.3) is 0 Å². The van der Waals surface area contributed by atoms with E-state index in [9.17, 15) is 4.79 Å². The highest BCUT2D eigenvalue weighted by molar-refractivity contribution is 6.37. The summed E-state index contributed by atoms with van der Waals surface area (Å²) in [5.74, 6) is 0.539. The zero-order valence-electron chi connectivity index (χ0n) is 10.1. The van der Waals surface area contributed by atoms with Gasteiger partial charge in [-0.3, -0.25) is 4.79 Å². The first-order valence-corrected chi connectivity index (χ1v) is 6.76. The van der Waals surface area contributed by atoms with Crippen LogP contribution in [0.4, 0.5) is 0 Å². The fraction of sp³-hybridized carbons (Fsp3) is 0.357. The Balaban J connectivity index is 1.99. The first-order chi connectivity index (χ1) is 8.58. The lowest BCUT2D eigenvalue weighted by Gasteiger charge is -2.10. The van der Waals surface area contributed by atoms with Crippen molar-refractivity contribution in [2.45, 2.75) is 25.8 Å². The van der Waals surface area contributed by atoms with Crippen LogP contribution in [0.2, 0.25) is 10.0 Å². The Morgan fingerprint density at radius 2 is 2.00 bits per heavy atom. The molecule has 4 heteroatoms. The topological polar surface area (TPSA) is 29.1 Å². The second-order valence-electron chi connectivity index (χ2n) is 4.60. The molecule has 1 N–H and O–H groups in total. The quantitative estimate of drug-likeness (QED) is 0.834. The third kappa shape index (κ3) is 3.50. The summed E-state index contributed by atoms with van der Waals surface area (Å²) in [5.41, 5.74) is 0.676. The van der Waals surface area contributed by atoms with Crippen LogP contribution in [0, 0.1) is 5.92 Å². The molecular weight excluding hydrogens is 269 g/mol. The minimum Gasteiger partial charge on any atom is -0.350 e. The van der Waals surface area contributed by atoms with E-state index in [1.54, 1.807) is 24.3 Å². The number of carbonyl (C=O) groups excluding carboxylic acids is 1. The minimum absolute atomic E-state index is 0.106. The Kier molecular flexibility index (Phi) is 4.31.